The van der Waals surface area contributed by atoms with Gasteiger partial charge in [0.15, 0.2) is 0 Å². The van der Waals surface area contributed by atoms with Crippen LogP contribution in [0.15, 0.2) is 12.1 Å². The Bertz CT molecular complexity index is 399. The van der Waals surface area contributed by atoms with Crippen LogP contribution in [0.25, 0.3) is 0 Å². The number of aryl methyl sites for hydroxylation is 1. The van der Waals surface area contributed by atoms with E-state index in [1.807, 2.05) is 11.9 Å². The van der Waals surface area contributed by atoms with Crippen LogP contribution in [0.4, 0.5) is 8.78 Å². The van der Waals surface area contributed by atoms with Gasteiger partial charge >= 0.3 is 0 Å². The van der Waals surface area contributed by atoms with Crippen LogP contribution in [-0.4, -0.2) is 45.3 Å². The summed E-state index contributed by atoms with van der Waals surface area (Å²) < 4.78 is 31.6. The molecule has 1 rings (SSSR count). The third kappa shape index (κ3) is 5.63. The summed E-state index contributed by atoms with van der Waals surface area (Å²) in [7, 11) is 3.57. The predicted molar refractivity (Wildman–Crippen MR) is 72.2 cm³/mol. The molecule has 0 heterocycles. The molecule has 0 atom stereocenters. The zero-order chi connectivity index (χ0) is 14.3. The van der Waals surface area contributed by atoms with E-state index in [2.05, 4.69) is 5.32 Å². The number of likely N-dealkylation sites (N-methyl/N-ethyl adjacent to an activating group) is 1. The van der Waals surface area contributed by atoms with E-state index in [1.165, 1.54) is 0 Å². The van der Waals surface area contributed by atoms with Gasteiger partial charge in [0.1, 0.15) is 11.6 Å². The molecule has 0 amide bonds. The van der Waals surface area contributed by atoms with E-state index in [4.69, 9.17) is 4.74 Å². The van der Waals surface area contributed by atoms with Gasteiger partial charge in [-0.3, -0.25) is 0 Å². The van der Waals surface area contributed by atoms with E-state index in [0.717, 1.165) is 25.7 Å². The third-order valence-electron chi connectivity index (χ3n) is 2.92. The summed E-state index contributed by atoms with van der Waals surface area (Å²) in [6.45, 7) is 5.19. The van der Waals surface area contributed by atoms with Crippen LogP contribution in [0.2, 0.25) is 0 Å². The molecule has 0 aromatic heterocycles. The van der Waals surface area contributed by atoms with E-state index in [9.17, 15) is 8.78 Å². The average Bonchev–Trinajstić information content (AvgIpc) is 2.35. The highest BCUT2D eigenvalue weighted by molar-refractivity contribution is 5.25. The molecule has 0 aliphatic heterocycles. The maximum atomic E-state index is 13.6. The van der Waals surface area contributed by atoms with Crippen molar-refractivity contribution in [2.24, 2.45) is 0 Å². The molecule has 108 valence electrons. The maximum Gasteiger partial charge on any atom is 0.130 e. The van der Waals surface area contributed by atoms with Crippen molar-refractivity contribution in [2.45, 2.75) is 13.5 Å². The molecule has 0 spiro atoms. The summed E-state index contributed by atoms with van der Waals surface area (Å²) in [5.74, 6) is -0.979. The number of methoxy groups -OCH3 is 1. The van der Waals surface area contributed by atoms with Crippen molar-refractivity contribution in [3.63, 3.8) is 0 Å². The summed E-state index contributed by atoms with van der Waals surface area (Å²) in [6, 6.07) is 2.52. The molecule has 0 unspecified atom stereocenters. The van der Waals surface area contributed by atoms with Crippen molar-refractivity contribution in [3.8, 4) is 0 Å². The minimum atomic E-state index is -0.495. The van der Waals surface area contributed by atoms with Gasteiger partial charge in [0.2, 0.25) is 0 Å². The zero-order valence-electron chi connectivity index (χ0n) is 11.8. The van der Waals surface area contributed by atoms with Gasteiger partial charge in [0.05, 0.1) is 6.61 Å². The number of ether oxygens (including phenoxy) is 1. The number of nitrogens with one attached hydrogen (secondary N) is 1. The molecule has 0 fully saturated rings. The first-order valence-corrected chi connectivity index (χ1v) is 6.37. The lowest BCUT2D eigenvalue weighted by Crippen LogP contribution is -2.30. The Morgan fingerprint density at radius 2 is 1.95 bits per heavy atom. The fraction of sp³-hybridized carbons (Fsp3) is 0.571. The molecule has 0 radical (unpaired) electrons. The minimum absolute atomic E-state index is 0.471. The van der Waals surface area contributed by atoms with Crippen molar-refractivity contribution < 1.29 is 13.5 Å². The second kappa shape index (κ2) is 8.19. The predicted octanol–water partition coefficient (Wildman–Crippen LogP) is 1.94. The van der Waals surface area contributed by atoms with Gasteiger partial charge in [0, 0.05) is 44.9 Å². The summed E-state index contributed by atoms with van der Waals surface area (Å²) in [5, 5.41) is 3.22. The molecule has 0 aliphatic carbocycles. The summed E-state index contributed by atoms with van der Waals surface area (Å²) in [4.78, 5) is 2.00. The molecule has 0 saturated carbocycles. The van der Waals surface area contributed by atoms with Crippen LogP contribution in [0.1, 0.15) is 11.1 Å². The van der Waals surface area contributed by atoms with Crippen LogP contribution in [0.5, 0.6) is 0 Å². The smallest absolute Gasteiger partial charge is 0.130 e. The molecule has 0 saturated heterocycles. The fourth-order valence-electron chi connectivity index (χ4n) is 1.78. The fourth-order valence-corrected chi connectivity index (χ4v) is 1.78. The van der Waals surface area contributed by atoms with Crippen LogP contribution >= 0.6 is 0 Å². The van der Waals surface area contributed by atoms with Crippen LogP contribution in [0, 0.1) is 18.6 Å². The Hall–Kier alpha value is -1.04. The monoisotopic (exact) mass is 272 g/mol. The maximum absolute atomic E-state index is 13.6. The van der Waals surface area contributed by atoms with Gasteiger partial charge in [0.25, 0.3) is 0 Å². The van der Waals surface area contributed by atoms with Gasteiger partial charge in [-0.15, -0.1) is 0 Å². The van der Waals surface area contributed by atoms with E-state index in [1.54, 1.807) is 20.1 Å². The lowest BCUT2D eigenvalue weighted by Gasteiger charge is -2.18. The van der Waals surface area contributed by atoms with Crippen LogP contribution in [0.3, 0.4) is 0 Å². The minimum Gasteiger partial charge on any atom is -0.383 e. The highest BCUT2D eigenvalue weighted by Crippen LogP contribution is 2.15. The molecule has 1 N–H and O–H groups in total. The van der Waals surface area contributed by atoms with Crippen molar-refractivity contribution >= 4 is 0 Å². The summed E-state index contributed by atoms with van der Waals surface area (Å²) in [6.07, 6.45) is 0. The normalized spacial score (nSPS) is 11.3. The SMILES string of the molecule is COCCNCCN(C)Cc1cc(C)c(F)cc1F. The van der Waals surface area contributed by atoms with Gasteiger partial charge < -0.3 is 15.0 Å². The van der Waals surface area contributed by atoms with Gasteiger partial charge in [-0.2, -0.15) is 0 Å². The van der Waals surface area contributed by atoms with Crippen molar-refractivity contribution in [3.05, 3.63) is 34.9 Å². The van der Waals surface area contributed by atoms with E-state index in [0.29, 0.717) is 24.3 Å². The molecular formula is C14H22F2N2O. The Kier molecular flexibility index (Phi) is 6.91. The molecule has 1 aromatic carbocycles. The molecule has 1 aromatic rings. The van der Waals surface area contributed by atoms with Gasteiger partial charge in [-0.05, 0) is 25.6 Å². The number of nitrogens with zero attached hydrogens (tertiary/aromatic N) is 1. The first-order chi connectivity index (χ1) is 9.04. The Morgan fingerprint density at radius 1 is 1.21 bits per heavy atom. The van der Waals surface area contributed by atoms with Crippen LogP contribution < -0.4 is 5.32 Å². The average molecular weight is 272 g/mol. The lowest BCUT2D eigenvalue weighted by atomic mass is 10.1. The molecule has 3 nitrogen and oxygen atoms in total. The largest absolute Gasteiger partial charge is 0.383 e. The Balaban J connectivity index is 2.40. The van der Waals surface area contributed by atoms with Crippen molar-refractivity contribution in [2.75, 3.05) is 40.4 Å². The lowest BCUT2D eigenvalue weighted by molar-refractivity contribution is 0.197. The molecule has 0 bridgehead atoms. The van der Waals surface area contributed by atoms with Gasteiger partial charge in [-0.25, -0.2) is 8.78 Å². The highest BCUT2D eigenvalue weighted by atomic mass is 19.1. The number of halogens is 2. The summed E-state index contributed by atoms with van der Waals surface area (Å²) in [5.41, 5.74) is 1.00. The van der Waals surface area contributed by atoms with Gasteiger partial charge in [-0.1, -0.05) is 0 Å². The molecular weight excluding hydrogens is 250 g/mol. The van der Waals surface area contributed by atoms with Crippen molar-refractivity contribution in [1.29, 1.82) is 0 Å². The van der Waals surface area contributed by atoms with Crippen LogP contribution in [-0.2, 0) is 11.3 Å². The molecule has 5 heteroatoms. The number of hydrogen-bond donors (Lipinski definition) is 1. The second-order valence-electron chi connectivity index (χ2n) is 4.67. The molecule has 0 aliphatic rings. The number of hydrogen-bond acceptors (Lipinski definition) is 3. The Labute approximate surface area is 113 Å². The van der Waals surface area contributed by atoms with E-state index >= 15 is 0 Å². The second-order valence-corrected chi connectivity index (χ2v) is 4.67. The zero-order valence-corrected chi connectivity index (χ0v) is 11.8. The molecule has 19 heavy (non-hydrogen) atoms. The summed E-state index contributed by atoms with van der Waals surface area (Å²) >= 11 is 0. The quantitative estimate of drug-likeness (QED) is 0.732. The van der Waals surface area contributed by atoms with E-state index < -0.39 is 11.6 Å². The number of benzene rings is 1. The van der Waals surface area contributed by atoms with E-state index in [-0.39, 0.29) is 0 Å². The third-order valence-corrected chi connectivity index (χ3v) is 2.92. The highest BCUT2D eigenvalue weighted by Gasteiger charge is 2.09. The van der Waals surface area contributed by atoms with Crippen molar-refractivity contribution in [1.82, 2.24) is 10.2 Å². The standard InChI is InChI=1S/C14H22F2N2O/c1-11-8-12(14(16)9-13(11)15)10-18(2)6-4-17-5-7-19-3/h8-9,17H,4-7,10H2,1-3H3. The first-order valence-electron chi connectivity index (χ1n) is 6.37. The number of rotatable bonds is 8. The first kappa shape index (κ1) is 16.0. The Morgan fingerprint density at radius 3 is 2.63 bits per heavy atom. The topological polar surface area (TPSA) is 24.5 Å².